The summed E-state index contributed by atoms with van der Waals surface area (Å²) in [6.07, 6.45) is 0.579. The number of rotatable bonds is 7. The fourth-order valence-corrected chi connectivity index (χ4v) is 3.22. The van der Waals surface area contributed by atoms with Crippen molar-refractivity contribution in [3.8, 4) is 0 Å². The minimum atomic E-state index is -3.95. The smallest absolute Gasteiger partial charge is 0.264 e. The molecule has 7 heteroatoms. The van der Waals surface area contributed by atoms with Crippen LogP contribution in [0.2, 0.25) is 0 Å². The maximum absolute atomic E-state index is 12.3. The highest BCUT2D eigenvalue weighted by Gasteiger charge is 2.18. The summed E-state index contributed by atoms with van der Waals surface area (Å²) in [4.78, 5) is 23.3. The van der Waals surface area contributed by atoms with Gasteiger partial charge < -0.3 is 5.32 Å². The second kappa shape index (κ2) is 7.92. The summed E-state index contributed by atoms with van der Waals surface area (Å²) in [5, 5.41) is 4.32. The monoisotopic (exact) mass is 348 g/mol. The summed E-state index contributed by atoms with van der Waals surface area (Å²) in [5.41, 5.74) is 0. The first-order valence-electron chi connectivity index (χ1n) is 7.73. The van der Waals surface area contributed by atoms with Crippen LogP contribution in [-0.4, -0.2) is 26.8 Å². The van der Waals surface area contributed by atoms with Gasteiger partial charge in [0, 0.05) is 19.4 Å². The molecule has 0 atom stereocenters. The number of fused-ring (bicyclic) bond motifs is 1. The number of carbonyl (C=O) groups excluding carboxylic acids is 2. The quantitative estimate of drug-likeness (QED) is 0.800. The number of benzene rings is 2. The summed E-state index contributed by atoms with van der Waals surface area (Å²) in [6, 6.07) is 12.0. The minimum Gasteiger partial charge on any atom is -0.356 e. The van der Waals surface area contributed by atoms with E-state index >= 15 is 0 Å². The van der Waals surface area contributed by atoms with Crippen molar-refractivity contribution >= 4 is 32.6 Å². The van der Waals surface area contributed by atoms with Gasteiger partial charge in [0.05, 0.1) is 4.90 Å². The van der Waals surface area contributed by atoms with Crippen molar-refractivity contribution in [2.24, 2.45) is 0 Å². The Hall–Kier alpha value is -2.41. The second-order valence-corrected chi connectivity index (χ2v) is 7.07. The average molecular weight is 348 g/mol. The van der Waals surface area contributed by atoms with E-state index < -0.39 is 15.9 Å². The van der Waals surface area contributed by atoms with Crippen LogP contribution in [0.1, 0.15) is 26.2 Å². The van der Waals surface area contributed by atoms with E-state index in [0.717, 1.165) is 17.2 Å². The van der Waals surface area contributed by atoms with Crippen molar-refractivity contribution in [1.29, 1.82) is 0 Å². The maximum atomic E-state index is 12.3. The Morgan fingerprint density at radius 2 is 1.62 bits per heavy atom. The lowest BCUT2D eigenvalue weighted by Crippen LogP contribution is -2.32. The Morgan fingerprint density at radius 3 is 2.33 bits per heavy atom. The number of amides is 2. The number of carbonyl (C=O) groups is 2. The minimum absolute atomic E-state index is 0.0185. The summed E-state index contributed by atoms with van der Waals surface area (Å²) >= 11 is 0. The third-order valence-corrected chi connectivity index (χ3v) is 4.80. The van der Waals surface area contributed by atoms with Crippen LogP contribution in [0.15, 0.2) is 47.4 Å². The van der Waals surface area contributed by atoms with E-state index in [4.69, 9.17) is 0 Å². The molecule has 0 aromatic heterocycles. The molecule has 2 rings (SSSR count). The van der Waals surface area contributed by atoms with Crippen molar-refractivity contribution in [2.45, 2.75) is 31.1 Å². The molecule has 0 unspecified atom stereocenters. The number of hydrogen-bond acceptors (Lipinski definition) is 4. The van der Waals surface area contributed by atoms with Crippen LogP contribution in [0.5, 0.6) is 0 Å². The lowest BCUT2D eigenvalue weighted by molar-refractivity contribution is -0.125. The molecule has 0 saturated carbocycles. The molecule has 0 fully saturated rings. The molecule has 0 aliphatic heterocycles. The largest absolute Gasteiger partial charge is 0.356 e. The molecule has 2 aromatic carbocycles. The zero-order chi connectivity index (χ0) is 17.6. The van der Waals surface area contributed by atoms with Gasteiger partial charge in [-0.15, -0.1) is 0 Å². The molecule has 6 nitrogen and oxygen atoms in total. The average Bonchev–Trinajstić information content (AvgIpc) is 2.57. The molecule has 0 radical (unpaired) electrons. The molecule has 0 aliphatic rings. The van der Waals surface area contributed by atoms with Crippen molar-refractivity contribution < 1.29 is 18.0 Å². The number of sulfonamides is 1. The Bertz CT molecular complexity index is 847. The van der Waals surface area contributed by atoms with Gasteiger partial charge in [0.2, 0.25) is 11.8 Å². The molecule has 2 aromatic rings. The number of hydrogen-bond donors (Lipinski definition) is 2. The first-order chi connectivity index (χ1) is 11.4. The molecule has 0 saturated heterocycles. The Labute approximate surface area is 141 Å². The van der Waals surface area contributed by atoms with E-state index in [2.05, 4.69) is 5.32 Å². The summed E-state index contributed by atoms with van der Waals surface area (Å²) in [5.74, 6) is -0.968. The van der Waals surface area contributed by atoms with E-state index in [1.807, 2.05) is 29.8 Å². The third kappa shape index (κ3) is 4.79. The molecule has 128 valence electrons. The summed E-state index contributed by atoms with van der Waals surface area (Å²) < 4.78 is 26.5. The Morgan fingerprint density at radius 1 is 0.958 bits per heavy atom. The molecule has 0 bridgehead atoms. The van der Waals surface area contributed by atoms with Crippen LogP contribution < -0.4 is 10.0 Å². The van der Waals surface area contributed by atoms with Crippen LogP contribution in [0.3, 0.4) is 0 Å². The van der Waals surface area contributed by atoms with Crippen LogP contribution in [-0.2, 0) is 19.6 Å². The molecule has 2 amide bonds. The van der Waals surface area contributed by atoms with Gasteiger partial charge in [0.1, 0.15) is 0 Å². The van der Waals surface area contributed by atoms with Gasteiger partial charge in [0.15, 0.2) is 0 Å². The van der Waals surface area contributed by atoms with Gasteiger partial charge >= 0.3 is 0 Å². The van der Waals surface area contributed by atoms with Crippen LogP contribution in [0.25, 0.3) is 10.8 Å². The van der Waals surface area contributed by atoms with Gasteiger partial charge in [-0.3, -0.25) is 9.59 Å². The zero-order valence-corrected chi connectivity index (χ0v) is 14.2. The first kappa shape index (κ1) is 17.9. The summed E-state index contributed by atoms with van der Waals surface area (Å²) in [7, 11) is -3.95. The topological polar surface area (TPSA) is 92.3 Å². The van der Waals surface area contributed by atoms with E-state index in [1.54, 1.807) is 12.1 Å². The second-order valence-electron chi connectivity index (χ2n) is 5.39. The lowest BCUT2D eigenvalue weighted by Gasteiger charge is -2.08. The highest BCUT2D eigenvalue weighted by Crippen LogP contribution is 2.18. The van der Waals surface area contributed by atoms with Crippen molar-refractivity contribution in [3.63, 3.8) is 0 Å². The van der Waals surface area contributed by atoms with Crippen LogP contribution in [0, 0.1) is 0 Å². The fourth-order valence-electron chi connectivity index (χ4n) is 2.17. The standard InChI is InChI=1S/C17H20N2O4S/c1-2-11-18-16(20)9-10-17(21)19-24(22,23)15-8-7-13-5-3-4-6-14(13)12-15/h3-8,12H,2,9-11H2,1H3,(H,18,20)(H,19,21). The van der Waals surface area contributed by atoms with Gasteiger partial charge in [-0.2, -0.15) is 0 Å². The maximum Gasteiger partial charge on any atom is 0.264 e. The van der Waals surface area contributed by atoms with Gasteiger partial charge in [-0.05, 0) is 29.3 Å². The normalized spacial score (nSPS) is 11.2. The molecule has 2 N–H and O–H groups in total. The molecule has 24 heavy (non-hydrogen) atoms. The van der Waals surface area contributed by atoms with E-state index in [1.165, 1.54) is 12.1 Å². The van der Waals surface area contributed by atoms with Gasteiger partial charge in [0.25, 0.3) is 10.0 Å². The lowest BCUT2D eigenvalue weighted by atomic mass is 10.1. The Kier molecular flexibility index (Phi) is 5.92. The molecular weight excluding hydrogens is 328 g/mol. The van der Waals surface area contributed by atoms with Gasteiger partial charge in [-0.25, -0.2) is 13.1 Å². The predicted octanol–water partition coefficient (Wildman–Crippen LogP) is 1.95. The Balaban J connectivity index is 2.01. The highest BCUT2D eigenvalue weighted by molar-refractivity contribution is 7.90. The van der Waals surface area contributed by atoms with E-state index in [-0.39, 0.29) is 23.6 Å². The van der Waals surface area contributed by atoms with Crippen molar-refractivity contribution in [2.75, 3.05) is 6.54 Å². The predicted molar refractivity (Wildman–Crippen MR) is 91.8 cm³/mol. The third-order valence-electron chi connectivity index (χ3n) is 3.43. The molecule has 0 heterocycles. The fraction of sp³-hybridized carbons (Fsp3) is 0.294. The highest BCUT2D eigenvalue weighted by atomic mass is 32.2. The van der Waals surface area contributed by atoms with Crippen molar-refractivity contribution in [3.05, 3.63) is 42.5 Å². The molecule has 0 spiro atoms. The zero-order valence-electron chi connectivity index (χ0n) is 13.4. The summed E-state index contributed by atoms with van der Waals surface area (Å²) in [6.45, 7) is 2.46. The van der Waals surface area contributed by atoms with Crippen LogP contribution in [0.4, 0.5) is 0 Å². The number of nitrogens with one attached hydrogen (secondary N) is 2. The van der Waals surface area contributed by atoms with Crippen molar-refractivity contribution in [1.82, 2.24) is 10.0 Å². The van der Waals surface area contributed by atoms with E-state index in [9.17, 15) is 18.0 Å². The van der Waals surface area contributed by atoms with E-state index in [0.29, 0.717) is 6.54 Å². The van der Waals surface area contributed by atoms with Gasteiger partial charge in [-0.1, -0.05) is 37.3 Å². The molecule has 0 aliphatic carbocycles. The first-order valence-corrected chi connectivity index (χ1v) is 9.22. The SMILES string of the molecule is CCCNC(=O)CCC(=O)NS(=O)(=O)c1ccc2ccccc2c1. The molecular formula is C17H20N2O4S. The van der Waals surface area contributed by atoms with Crippen LogP contribution >= 0.6 is 0 Å².